The highest BCUT2D eigenvalue weighted by atomic mass is 16.5. The molecule has 0 fully saturated rings. The number of furan rings is 1. The molecule has 5 rings (SSSR count). The Morgan fingerprint density at radius 2 is 1.68 bits per heavy atom. The fraction of sp³-hybridized carbons (Fsp3) is 0.143. The van der Waals surface area contributed by atoms with Gasteiger partial charge in [-0.05, 0) is 28.8 Å². The number of benzene rings is 3. The average molecular weight is 327 g/mol. The van der Waals surface area contributed by atoms with Crippen LogP contribution in [0.1, 0.15) is 25.0 Å². The molecular formula is C21H16BO3. The highest BCUT2D eigenvalue weighted by Crippen LogP contribution is 2.52. The first-order valence-electron chi connectivity index (χ1n) is 8.34. The van der Waals surface area contributed by atoms with E-state index in [9.17, 15) is 0 Å². The second-order valence-electron chi connectivity index (χ2n) is 6.99. The number of hydrogen-bond donors (Lipinski definition) is 1. The zero-order valence-electron chi connectivity index (χ0n) is 14.0. The van der Waals surface area contributed by atoms with Gasteiger partial charge in [0.2, 0.25) is 0 Å². The van der Waals surface area contributed by atoms with Crippen LogP contribution in [-0.4, -0.2) is 12.7 Å². The first-order valence-corrected chi connectivity index (χ1v) is 8.34. The molecule has 0 aliphatic heterocycles. The van der Waals surface area contributed by atoms with Crippen molar-refractivity contribution in [1.82, 2.24) is 0 Å². The van der Waals surface area contributed by atoms with E-state index in [0.717, 1.165) is 16.4 Å². The van der Waals surface area contributed by atoms with E-state index in [1.54, 1.807) is 6.07 Å². The largest absolute Gasteiger partial charge is 0.569 e. The fourth-order valence-corrected chi connectivity index (χ4v) is 4.23. The van der Waals surface area contributed by atoms with Gasteiger partial charge in [0.25, 0.3) is 0 Å². The smallest absolute Gasteiger partial charge is 0.535 e. The topological polar surface area (TPSA) is 42.6 Å². The van der Waals surface area contributed by atoms with Crippen molar-refractivity contribution < 1.29 is 14.1 Å². The van der Waals surface area contributed by atoms with Gasteiger partial charge in [-0.3, -0.25) is 0 Å². The maximum Gasteiger partial charge on any atom is 0.569 e. The van der Waals surface area contributed by atoms with E-state index in [4.69, 9.17) is 14.1 Å². The van der Waals surface area contributed by atoms with Crippen molar-refractivity contribution in [2.75, 3.05) is 0 Å². The molecule has 4 heteroatoms. The number of fused-ring (bicyclic) bond motifs is 7. The van der Waals surface area contributed by atoms with E-state index in [-0.39, 0.29) is 5.41 Å². The molecule has 0 saturated carbocycles. The summed E-state index contributed by atoms with van der Waals surface area (Å²) in [7, 11) is 0.687. The summed E-state index contributed by atoms with van der Waals surface area (Å²) < 4.78 is 11.5. The van der Waals surface area contributed by atoms with Gasteiger partial charge in [0.05, 0.1) is 0 Å². The fourth-order valence-electron chi connectivity index (χ4n) is 4.23. The van der Waals surface area contributed by atoms with Crippen molar-refractivity contribution in [2.45, 2.75) is 19.3 Å². The second kappa shape index (κ2) is 4.90. The summed E-state index contributed by atoms with van der Waals surface area (Å²) in [5.74, 6) is 0.512. The van der Waals surface area contributed by atoms with Crippen LogP contribution in [0.4, 0.5) is 0 Å². The Balaban J connectivity index is 1.91. The van der Waals surface area contributed by atoms with Gasteiger partial charge in [0, 0.05) is 21.8 Å². The molecule has 0 atom stereocenters. The molecule has 0 spiro atoms. The van der Waals surface area contributed by atoms with Gasteiger partial charge in [0.15, 0.2) is 5.58 Å². The van der Waals surface area contributed by atoms with Gasteiger partial charge < -0.3 is 14.1 Å². The van der Waals surface area contributed by atoms with E-state index in [2.05, 4.69) is 50.2 Å². The van der Waals surface area contributed by atoms with Crippen LogP contribution >= 0.6 is 0 Å². The summed E-state index contributed by atoms with van der Waals surface area (Å²) in [5, 5.41) is 11.1. The van der Waals surface area contributed by atoms with Gasteiger partial charge in [-0.25, -0.2) is 0 Å². The summed E-state index contributed by atoms with van der Waals surface area (Å²) in [6, 6.07) is 18.6. The summed E-state index contributed by atoms with van der Waals surface area (Å²) in [5.41, 5.74) is 6.43. The minimum Gasteiger partial charge on any atom is -0.535 e. The van der Waals surface area contributed by atoms with Crippen LogP contribution in [0, 0.1) is 0 Å². The predicted molar refractivity (Wildman–Crippen MR) is 99.9 cm³/mol. The van der Waals surface area contributed by atoms with Crippen molar-refractivity contribution in [3.63, 3.8) is 0 Å². The summed E-state index contributed by atoms with van der Waals surface area (Å²) in [6.45, 7) is 4.48. The molecule has 0 amide bonds. The Kier molecular flexibility index (Phi) is 2.86. The van der Waals surface area contributed by atoms with Gasteiger partial charge in [-0.2, -0.15) is 0 Å². The van der Waals surface area contributed by atoms with Gasteiger partial charge in [-0.15, -0.1) is 0 Å². The molecule has 1 aliphatic carbocycles. The molecule has 1 aromatic heterocycles. The van der Waals surface area contributed by atoms with Crippen LogP contribution in [0.5, 0.6) is 5.75 Å². The molecule has 3 aromatic carbocycles. The van der Waals surface area contributed by atoms with Crippen LogP contribution in [0.15, 0.2) is 59.0 Å². The van der Waals surface area contributed by atoms with Crippen molar-refractivity contribution in [3.05, 3.63) is 65.7 Å². The van der Waals surface area contributed by atoms with E-state index < -0.39 is 0 Å². The normalized spacial score (nSPS) is 14.5. The second-order valence-corrected chi connectivity index (χ2v) is 6.99. The van der Waals surface area contributed by atoms with E-state index >= 15 is 0 Å². The quantitative estimate of drug-likeness (QED) is 0.538. The van der Waals surface area contributed by atoms with E-state index in [1.165, 1.54) is 22.3 Å². The Labute approximate surface area is 146 Å². The third kappa shape index (κ3) is 1.80. The lowest BCUT2D eigenvalue weighted by atomic mass is 9.82. The third-order valence-electron chi connectivity index (χ3n) is 5.33. The van der Waals surface area contributed by atoms with Crippen LogP contribution in [0.3, 0.4) is 0 Å². The Hall–Kier alpha value is -2.72. The molecule has 1 N–H and O–H groups in total. The summed E-state index contributed by atoms with van der Waals surface area (Å²) in [6.07, 6.45) is 0. The first-order chi connectivity index (χ1) is 12.1. The molecule has 0 unspecified atom stereocenters. The highest BCUT2D eigenvalue weighted by molar-refractivity contribution is 6.18. The molecule has 4 aromatic rings. The van der Waals surface area contributed by atoms with Crippen LogP contribution < -0.4 is 4.65 Å². The van der Waals surface area contributed by atoms with Gasteiger partial charge >= 0.3 is 7.69 Å². The lowest BCUT2D eigenvalue weighted by Gasteiger charge is -2.21. The molecule has 3 nitrogen and oxygen atoms in total. The predicted octanol–water partition coefficient (Wildman–Crippen LogP) is 4.80. The lowest BCUT2D eigenvalue weighted by molar-refractivity contribution is 0.451. The zero-order valence-corrected chi connectivity index (χ0v) is 14.0. The minimum absolute atomic E-state index is 0.135. The Bertz CT molecular complexity index is 1140. The van der Waals surface area contributed by atoms with Crippen molar-refractivity contribution in [2.24, 2.45) is 0 Å². The Morgan fingerprint density at radius 3 is 2.52 bits per heavy atom. The molecule has 1 radical (unpaired) electrons. The molecule has 1 aliphatic rings. The highest BCUT2D eigenvalue weighted by Gasteiger charge is 2.38. The standard InChI is InChI=1S/C21H16BO3/c1-21(2)16-8-4-3-6-12(16)13-10-11-15-14-7-5-9-17(25-22-23)19(14)24-20(15)18(13)21/h3-11,23H,1-2H3. The minimum atomic E-state index is -0.135. The van der Waals surface area contributed by atoms with Crippen molar-refractivity contribution >= 4 is 29.6 Å². The molecule has 0 saturated heterocycles. The first kappa shape index (κ1) is 14.6. The van der Waals surface area contributed by atoms with Crippen LogP contribution in [0.2, 0.25) is 0 Å². The Morgan fingerprint density at radius 1 is 0.880 bits per heavy atom. The maximum absolute atomic E-state index is 9.02. The van der Waals surface area contributed by atoms with Gasteiger partial charge in [0.1, 0.15) is 11.3 Å². The van der Waals surface area contributed by atoms with Crippen molar-refractivity contribution in [3.8, 4) is 16.9 Å². The molecule has 25 heavy (non-hydrogen) atoms. The molecular weight excluding hydrogens is 311 g/mol. The molecule has 121 valence electrons. The molecule has 0 bridgehead atoms. The lowest BCUT2D eigenvalue weighted by Crippen LogP contribution is -2.15. The van der Waals surface area contributed by atoms with Crippen LogP contribution in [-0.2, 0) is 5.41 Å². The number of rotatable bonds is 2. The van der Waals surface area contributed by atoms with Gasteiger partial charge in [-0.1, -0.05) is 56.3 Å². The van der Waals surface area contributed by atoms with E-state index in [0.29, 0.717) is 19.0 Å². The summed E-state index contributed by atoms with van der Waals surface area (Å²) >= 11 is 0. The average Bonchev–Trinajstić information content (AvgIpc) is 3.10. The number of hydrogen-bond acceptors (Lipinski definition) is 3. The SMILES string of the molecule is CC1(C)c2ccccc2-c2ccc3c(oc4c(O[B]O)cccc43)c21. The molecule has 1 heterocycles. The maximum atomic E-state index is 9.02. The monoisotopic (exact) mass is 327 g/mol. The third-order valence-corrected chi connectivity index (χ3v) is 5.33. The number of para-hydroxylation sites is 1. The van der Waals surface area contributed by atoms with Crippen LogP contribution in [0.25, 0.3) is 33.1 Å². The van der Waals surface area contributed by atoms with Crippen molar-refractivity contribution in [1.29, 1.82) is 0 Å². The summed E-state index contributed by atoms with van der Waals surface area (Å²) in [4.78, 5) is 0. The van der Waals surface area contributed by atoms with E-state index in [1.807, 2.05) is 12.1 Å². The zero-order chi connectivity index (χ0) is 17.2.